The van der Waals surface area contributed by atoms with E-state index in [1.807, 2.05) is 13.8 Å². The van der Waals surface area contributed by atoms with E-state index in [0.717, 1.165) is 0 Å². The number of ether oxygens (including phenoxy) is 2. The summed E-state index contributed by atoms with van der Waals surface area (Å²) in [6.07, 6.45) is 0. The Balaban J connectivity index is 2.70. The molecule has 0 bridgehead atoms. The first-order chi connectivity index (χ1) is 8.02. The standard InChI is InChI=1S/C12H21NO4/c1-5-16-11(14)9-7(3)10(13-8(9)4)12(15)17-6-2/h7-10,13H,5-6H2,1-4H3/t7-,8+,9+,10+/m0/s1. The van der Waals surface area contributed by atoms with Gasteiger partial charge < -0.3 is 14.8 Å². The quantitative estimate of drug-likeness (QED) is 0.737. The first-order valence-corrected chi connectivity index (χ1v) is 6.12. The number of carbonyl (C=O) groups excluding carboxylic acids is 2. The summed E-state index contributed by atoms with van der Waals surface area (Å²) >= 11 is 0. The summed E-state index contributed by atoms with van der Waals surface area (Å²) in [5.41, 5.74) is 0. The fourth-order valence-electron chi connectivity index (χ4n) is 2.37. The highest BCUT2D eigenvalue weighted by molar-refractivity contribution is 5.81. The monoisotopic (exact) mass is 243 g/mol. The maximum absolute atomic E-state index is 11.8. The van der Waals surface area contributed by atoms with Gasteiger partial charge in [-0.25, -0.2) is 0 Å². The molecule has 0 aliphatic carbocycles. The first kappa shape index (κ1) is 14.0. The molecule has 0 spiro atoms. The van der Waals surface area contributed by atoms with Crippen molar-refractivity contribution < 1.29 is 19.1 Å². The summed E-state index contributed by atoms with van der Waals surface area (Å²) < 4.78 is 10.0. The molecule has 5 nitrogen and oxygen atoms in total. The Morgan fingerprint density at radius 1 is 1.06 bits per heavy atom. The van der Waals surface area contributed by atoms with Crippen LogP contribution in [0.5, 0.6) is 0 Å². The molecule has 4 atom stereocenters. The summed E-state index contributed by atoms with van der Waals surface area (Å²) in [4.78, 5) is 23.5. The minimum atomic E-state index is -0.417. The summed E-state index contributed by atoms with van der Waals surface area (Å²) in [6.45, 7) is 8.01. The average Bonchev–Trinajstić information content (AvgIpc) is 2.55. The fraction of sp³-hybridized carbons (Fsp3) is 0.833. The van der Waals surface area contributed by atoms with Gasteiger partial charge in [0.15, 0.2) is 0 Å². The summed E-state index contributed by atoms with van der Waals surface area (Å²) in [7, 11) is 0. The van der Waals surface area contributed by atoms with Crippen molar-refractivity contribution in [3.63, 3.8) is 0 Å². The zero-order valence-corrected chi connectivity index (χ0v) is 10.9. The van der Waals surface area contributed by atoms with Gasteiger partial charge in [0, 0.05) is 6.04 Å². The Labute approximate surface area is 102 Å². The van der Waals surface area contributed by atoms with E-state index >= 15 is 0 Å². The van der Waals surface area contributed by atoms with Crippen LogP contribution < -0.4 is 5.32 Å². The molecule has 98 valence electrons. The van der Waals surface area contributed by atoms with E-state index in [1.54, 1.807) is 13.8 Å². The van der Waals surface area contributed by atoms with Crippen molar-refractivity contribution in [2.24, 2.45) is 11.8 Å². The van der Waals surface area contributed by atoms with E-state index < -0.39 is 6.04 Å². The van der Waals surface area contributed by atoms with E-state index in [9.17, 15) is 9.59 Å². The van der Waals surface area contributed by atoms with Crippen LogP contribution in [0.2, 0.25) is 0 Å². The molecule has 0 aromatic rings. The second-order valence-corrected chi connectivity index (χ2v) is 4.32. The lowest BCUT2D eigenvalue weighted by molar-refractivity contribution is -0.150. The normalized spacial score (nSPS) is 32.2. The molecule has 1 aliphatic rings. The maximum Gasteiger partial charge on any atom is 0.323 e. The molecule has 17 heavy (non-hydrogen) atoms. The van der Waals surface area contributed by atoms with Crippen LogP contribution in [-0.4, -0.2) is 37.2 Å². The van der Waals surface area contributed by atoms with Crippen LogP contribution in [0, 0.1) is 11.8 Å². The highest BCUT2D eigenvalue weighted by Crippen LogP contribution is 2.29. The lowest BCUT2D eigenvalue weighted by Gasteiger charge is -2.18. The molecule has 0 radical (unpaired) electrons. The van der Waals surface area contributed by atoms with Gasteiger partial charge in [-0.05, 0) is 26.7 Å². The van der Waals surface area contributed by atoms with Crippen molar-refractivity contribution in [1.82, 2.24) is 5.32 Å². The smallest absolute Gasteiger partial charge is 0.323 e. The lowest BCUT2D eigenvalue weighted by atomic mass is 9.89. The summed E-state index contributed by atoms with van der Waals surface area (Å²) in [5.74, 6) is -0.932. The molecule has 1 heterocycles. The molecule has 0 aromatic heterocycles. The average molecular weight is 243 g/mol. The van der Waals surface area contributed by atoms with Gasteiger partial charge in [-0.2, -0.15) is 0 Å². The molecule has 1 saturated heterocycles. The molecule has 1 N–H and O–H groups in total. The van der Waals surface area contributed by atoms with Crippen molar-refractivity contribution in [3.05, 3.63) is 0 Å². The SMILES string of the molecule is CCOC(=O)[C@@H]1[C@H](C)[C@H](C(=O)OCC)N[C@@H]1C. The Hall–Kier alpha value is -1.10. The minimum Gasteiger partial charge on any atom is -0.466 e. The Kier molecular flexibility index (Phi) is 4.93. The van der Waals surface area contributed by atoms with Gasteiger partial charge in [-0.15, -0.1) is 0 Å². The molecule has 0 aromatic carbocycles. The third-order valence-corrected chi connectivity index (χ3v) is 3.17. The number of esters is 2. The second kappa shape index (κ2) is 6.00. The molecule has 5 heteroatoms. The molecule has 0 unspecified atom stereocenters. The zero-order chi connectivity index (χ0) is 13.0. The van der Waals surface area contributed by atoms with Crippen molar-refractivity contribution in [3.8, 4) is 0 Å². The van der Waals surface area contributed by atoms with Crippen LogP contribution in [0.25, 0.3) is 0 Å². The van der Waals surface area contributed by atoms with E-state index in [4.69, 9.17) is 9.47 Å². The van der Waals surface area contributed by atoms with E-state index in [1.165, 1.54) is 0 Å². The third-order valence-electron chi connectivity index (χ3n) is 3.17. The number of hydrogen-bond donors (Lipinski definition) is 1. The van der Waals surface area contributed by atoms with Crippen LogP contribution in [-0.2, 0) is 19.1 Å². The number of carbonyl (C=O) groups is 2. The maximum atomic E-state index is 11.8. The Morgan fingerprint density at radius 2 is 1.59 bits per heavy atom. The third kappa shape index (κ3) is 2.97. The van der Waals surface area contributed by atoms with Crippen LogP contribution in [0.1, 0.15) is 27.7 Å². The van der Waals surface area contributed by atoms with Crippen LogP contribution in [0.15, 0.2) is 0 Å². The number of nitrogens with one attached hydrogen (secondary N) is 1. The molecular weight excluding hydrogens is 222 g/mol. The molecule has 1 rings (SSSR count). The minimum absolute atomic E-state index is 0.0709. The molecule has 1 aliphatic heterocycles. The number of hydrogen-bond acceptors (Lipinski definition) is 5. The summed E-state index contributed by atoms with van der Waals surface area (Å²) in [6, 6.07) is -0.488. The van der Waals surface area contributed by atoms with Crippen molar-refractivity contribution in [2.45, 2.75) is 39.8 Å². The van der Waals surface area contributed by atoms with Gasteiger partial charge >= 0.3 is 11.9 Å². The molecule has 0 saturated carbocycles. The Bertz CT molecular complexity index is 292. The van der Waals surface area contributed by atoms with Gasteiger partial charge in [0.05, 0.1) is 19.1 Å². The van der Waals surface area contributed by atoms with Crippen molar-refractivity contribution >= 4 is 11.9 Å². The fourth-order valence-corrected chi connectivity index (χ4v) is 2.37. The largest absolute Gasteiger partial charge is 0.466 e. The van der Waals surface area contributed by atoms with Crippen LogP contribution in [0.3, 0.4) is 0 Å². The van der Waals surface area contributed by atoms with Gasteiger partial charge in [-0.1, -0.05) is 6.92 Å². The van der Waals surface area contributed by atoms with Gasteiger partial charge in [0.25, 0.3) is 0 Å². The van der Waals surface area contributed by atoms with Crippen LogP contribution in [0.4, 0.5) is 0 Å². The second-order valence-electron chi connectivity index (χ2n) is 4.32. The Morgan fingerprint density at radius 3 is 2.12 bits per heavy atom. The van der Waals surface area contributed by atoms with E-state index in [2.05, 4.69) is 5.32 Å². The van der Waals surface area contributed by atoms with Crippen molar-refractivity contribution in [1.29, 1.82) is 0 Å². The predicted molar refractivity (Wildman–Crippen MR) is 62.3 cm³/mol. The lowest BCUT2D eigenvalue weighted by Crippen LogP contribution is -2.38. The highest BCUT2D eigenvalue weighted by Gasteiger charge is 2.46. The van der Waals surface area contributed by atoms with Gasteiger partial charge in [0.1, 0.15) is 6.04 Å². The van der Waals surface area contributed by atoms with Gasteiger partial charge in [0.2, 0.25) is 0 Å². The molecule has 1 fully saturated rings. The summed E-state index contributed by atoms with van der Waals surface area (Å²) in [5, 5.41) is 3.10. The van der Waals surface area contributed by atoms with E-state index in [-0.39, 0.29) is 29.8 Å². The molecule has 0 amide bonds. The van der Waals surface area contributed by atoms with Crippen molar-refractivity contribution in [2.75, 3.05) is 13.2 Å². The zero-order valence-electron chi connectivity index (χ0n) is 10.9. The topological polar surface area (TPSA) is 64.6 Å². The highest BCUT2D eigenvalue weighted by atomic mass is 16.5. The van der Waals surface area contributed by atoms with E-state index in [0.29, 0.717) is 13.2 Å². The number of rotatable bonds is 4. The first-order valence-electron chi connectivity index (χ1n) is 6.12. The predicted octanol–water partition coefficient (Wildman–Crippen LogP) is 0.725. The molecular formula is C12H21NO4. The van der Waals surface area contributed by atoms with Crippen LogP contribution >= 0.6 is 0 Å². The van der Waals surface area contributed by atoms with Gasteiger partial charge in [-0.3, -0.25) is 9.59 Å².